The van der Waals surface area contributed by atoms with Gasteiger partial charge >= 0.3 is 0 Å². The average Bonchev–Trinajstić information content (AvgIpc) is 2.62. The molecule has 0 radical (unpaired) electrons. The fourth-order valence-corrected chi connectivity index (χ4v) is 2.81. The fourth-order valence-electron chi connectivity index (χ4n) is 2.21. The van der Waals surface area contributed by atoms with Gasteiger partial charge in [-0.25, -0.2) is 0 Å². The molecule has 7 heteroatoms. The smallest absolute Gasteiger partial charge is 0.288 e. The molecule has 0 saturated heterocycles. The lowest BCUT2D eigenvalue weighted by Gasteiger charge is -2.14. The van der Waals surface area contributed by atoms with Gasteiger partial charge in [-0.1, -0.05) is 30.8 Å². The van der Waals surface area contributed by atoms with Gasteiger partial charge in [0.05, 0.1) is 18.9 Å². The van der Waals surface area contributed by atoms with E-state index in [1.54, 1.807) is 42.5 Å². The first-order chi connectivity index (χ1) is 12.5. The van der Waals surface area contributed by atoms with Gasteiger partial charge in [-0.2, -0.15) is 8.78 Å². The van der Waals surface area contributed by atoms with E-state index < -0.39 is 11.7 Å². The second kappa shape index (κ2) is 10.0. The number of anilines is 1. The van der Waals surface area contributed by atoms with Crippen molar-refractivity contribution in [2.75, 3.05) is 18.5 Å². The molecule has 0 bridgehead atoms. The molecule has 0 unspecified atom stereocenters. The SMILES string of the molecule is CCCOc1ccc(C(=O)Nc2ccccc2SC(F)F)cc1OCC. The van der Waals surface area contributed by atoms with E-state index >= 15 is 0 Å². The number of amides is 1. The molecule has 0 aromatic heterocycles. The number of carbonyl (C=O) groups is 1. The maximum Gasteiger partial charge on any atom is 0.288 e. The van der Waals surface area contributed by atoms with Crippen LogP contribution in [0.4, 0.5) is 14.5 Å². The predicted octanol–water partition coefficient (Wildman–Crippen LogP) is 5.44. The molecule has 4 nitrogen and oxygen atoms in total. The molecule has 26 heavy (non-hydrogen) atoms. The van der Waals surface area contributed by atoms with Crippen molar-refractivity contribution in [2.24, 2.45) is 0 Å². The molecule has 0 aliphatic heterocycles. The molecule has 0 fully saturated rings. The zero-order chi connectivity index (χ0) is 18.9. The molecule has 0 aliphatic carbocycles. The summed E-state index contributed by atoms with van der Waals surface area (Å²) < 4.78 is 36.5. The summed E-state index contributed by atoms with van der Waals surface area (Å²) in [7, 11) is 0. The van der Waals surface area contributed by atoms with Crippen molar-refractivity contribution < 1.29 is 23.0 Å². The van der Waals surface area contributed by atoms with Crippen LogP contribution in [0.25, 0.3) is 0 Å². The summed E-state index contributed by atoms with van der Waals surface area (Å²) in [6.45, 7) is 4.82. The van der Waals surface area contributed by atoms with Crippen molar-refractivity contribution in [3.63, 3.8) is 0 Å². The Morgan fingerprint density at radius 2 is 1.88 bits per heavy atom. The monoisotopic (exact) mass is 381 g/mol. The molecular weight excluding hydrogens is 360 g/mol. The van der Waals surface area contributed by atoms with Gasteiger partial charge in [0.2, 0.25) is 0 Å². The summed E-state index contributed by atoms with van der Waals surface area (Å²) >= 11 is 0.392. The summed E-state index contributed by atoms with van der Waals surface area (Å²) in [5, 5.41) is 2.67. The highest BCUT2D eigenvalue weighted by molar-refractivity contribution is 7.99. The van der Waals surface area contributed by atoms with E-state index in [0.29, 0.717) is 52.6 Å². The molecular formula is C19H21F2NO3S. The van der Waals surface area contributed by atoms with Crippen LogP contribution in [-0.2, 0) is 0 Å². The summed E-state index contributed by atoms with van der Waals surface area (Å²) in [5.74, 6) is -1.93. The van der Waals surface area contributed by atoms with Gasteiger partial charge < -0.3 is 14.8 Å². The first-order valence-corrected chi connectivity index (χ1v) is 9.18. The van der Waals surface area contributed by atoms with Crippen LogP contribution < -0.4 is 14.8 Å². The van der Waals surface area contributed by atoms with Crippen LogP contribution in [0.1, 0.15) is 30.6 Å². The van der Waals surface area contributed by atoms with Crippen LogP contribution in [0.15, 0.2) is 47.4 Å². The zero-order valence-electron chi connectivity index (χ0n) is 14.6. The quantitative estimate of drug-likeness (QED) is 0.588. The van der Waals surface area contributed by atoms with Crippen LogP contribution in [0.2, 0.25) is 0 Å². The Labute approximate surface area is 155 Å². The molecule has 0 atom stereocenters. The Morgan fingerprint density at radius 1 is 1.12 bits per heavy atom. The number of nitrogens with one attached hydrogen (secondary N) is 1. The average molecular weight is 381 g/mol. The zero-order valence-corrected chi connectivity index (χ0v) is 15.4. The Morgan fingerprint density at radius 3 is 2.58 bits per heavy atom. The van der Waals surface area contributed by atoms with E-state index in [1.807, 2.05) is 13.8 Å². The first-order valence-electron chi connectivity index (χ1n) is 8.30. The fraction of sp³-hybridized carbons (Fsp3) is 0.316. The van der Waals surface area contributed by atoms with Crippen molar-refractivity contribution in [2.45, 2.75) is 30.9 Å². The van der Waals surface area contributed by atoms with Crippen LogP contribution >= 0.6 is 11.8 Å². The highest BCUT2D eigenvalue weighted by atomic mass is 32.2. The van der Waals surface area contributed by atoms with Crippen molar-refractivity contribution in [3.8, 4) is 11.5 Å². The van der Waals surface area contributed by atoms with Crippen molar-refractivity contribution in [1.29, 1.82) is 0 Å². The molecule has 2 aromatic carbocycles. The minimum atomic E-state index is -2.56. The molecule has 0 aliphatic rings. The van der Waals surface area contributed by atoms with Crippen molar-refractivity contribution >= 4 is 23.4 Å². The molecule has 2 aromatic rings. The number of rotatable bonds is 9. The van der Waals surface area contributed by atoms with Gasteiger partial charge in [0.25, 0.3) is 11.7 Å². The van der Waals surface area contributed by atoms with E-state index in [2.05, 4.69) is 5.32 Å². The minimum absolute atomic E-state index is 0.309. The van der Waals surface area contributed by atoms with Crippen LogP contribution in [0.5, 0.6) is 11.5 Å². The van der Waals surface area contributed by atoms with E-state index in [0.717, 1.165) is 6.42 Å². The van der Waals surface area contributed by atoms with Gasteiger partial charge in [-0.3, -0.25) is 4.79 Å². The number of thioether (sulfide) groups is 1. The van der Waals surface area contributed by atoms with Gasteiger partial charge in [0.15, 0.2) is 11.5 Å². The second-order valence-electron chi connectivity index (χ2n) is 5.27. The Kier molecular flexibility index (Phi) is 7.72. The Bertz CT molecular complexity index is 740. The third-order valence-electron chi connectivity index (χ3n) is 3.32. The number of benzene rings is 2. The highest BCUT2D eigenvalue weighted by Gasteiger charge is 2.15. The maximum absolute atomic E-state index is 12.7. The summed E-state index contributed by atoms with van der Waals surface area (Å²) in [4.78, 5) is 12.8. The number of ether oxygens (including phenoxy) is 2. The summed E-state index contributed by atoms with van der Waals surface area (Å²) in [6, 6.07) is 11.3. The molecule has 140 valence electrons. The van der Waals surface area contributed by atoms with Gasteiger partial charge in [-0.15, -0.1) is 0 Å². The summed E-state index contributed by atoms with van der Waals surface area (Å²) in [6.07, 6.45) is 0.854. The minimum Gasteiger partial charge on any atom is -0.490 e. The van der Waals surface area contributed by atoms with Crippen molar-refractivity contribution in [3.05, 3.63) is 48.0 Å². The highest BCUT2D eigenvalue weighted by Crippen LogP contribution is 2.33. The van der Waals surface area contributed by atoms with E-state index in [4.69, 9.17) is 9.47 Å². The number of halogens is 2. The van der Waals surface area contributed by atoms with E-state index in [9.17, 15) is 13.6 Å². The third kappa shape index (κ3) is 5.62. The summed E-state index contributed by atoms with van der Waals surface area (Å²) in [5.41, 5.74) is 0.696. The lowest BCUT2D eigenvalue weighted by Crippen LogP contribution is -2.13. The normalized spacial score (nSPS) is 10.7. The maximum atomic E-state index is 12.7. The number of alkyl halides is 2. The van der Waals surface area contributed by atoms with Crippen LogP contribution in [-0.4, -0.2) is 24.9 Å². The van der Waals surface area contributed by atoms with Gasteiger partial charge in [0.1, 0.15) is 0 Å². The first kappa shape index (κ1) is 20.0. The van der Waals surface area contributed by atoms with Crippen molar-refractivity contribution in [1.82, 2.24) is 0 Å². The number of para-hydroxylation sites is 1. The lowest BCUT2D eigenvalue weighted by molar-refractivity contribution is 0.102. The third-order valence-corrected chi connectivity index (χ3v) is 4.11. The molecule has 1 N–H and O–H groups in total. The number of hydrogen-bond acceptors (Lipinski definition) is 4. The molecule has 1 amide bonds. The molecule has 0 spiro atoms. The van der Waals surface area contributed by atoms with E-state index in [1.165, 1.54) is 0 Å². The largest absolute Gasteiger partial charge is 0.490 e. The molecule has 0 heterocycles. The van der Waals surface area contributed by atoms with Gasteiger partial charge in [-0.05, 0) is 43.7 Å². The van der Waals surface area contributed by atoms with Crippen LogP contribution in [0, 0.1) is 0 Å². The standard InChI is InChI=1S/C19H21F2NO3S/c1-3-11-25-15-10-9-13(12-16(15)24-4-2)18(23)22-14-7-5-6-8-17(14)26-19(20)21/h5-10,12,19H,3-4,11H2,1-2H3,(H,22,23). The second-order valence-corrected chi connectivity index (χ2v) is 6.30. The number of carbonyl (C=O) groups excluding carboxylic acids is 1. The lowest BCUT2D eigenvalue weighted by atomic mass is 10.1. The number of hydrogen-bond donors (Lipinski definition) is 1. The van der Waals surface area contributed by atoms with Crippen LogP contribution in [0.3, 0.4) is 0 Å². The Hall–Kier alpha value is -2.28. The predicted molar refractivity (Wildman–Crippen MR) is 99.7 cm³/mol. The van der Waals surface area contributed by atoms with Gasteiger partial charge in [0, 0.05) is 10.5 Å². The van der Waals surface area contributed by atoms with E-state index in [-0.39, 0.29) is 0 Å². The topological polar surface area (TPSA) is 47.6 Å². The molecule has 0 saturated carbocycles. The molecule has 2 rings (SSSR count). The Balaban J connectivity index is 2.20.